The van der Waals surface area contributed by atoms with Gasteiger partial charge in [-0.25, -0.2) is 0 Å². The lowest BCUT2D eigenvalue weighted by atomic mass is 9.99. The van der Waals surface area contributed by atoms with E-state index < -0.39 is 0 Å². The van der Waals surface area contributed by atoms with Gasteiger partial charge in [0.2, 0.25) is 0 Å². The van der Waals surface area contributed by atoms with E-state index in [0.29, 0.717) is 12.8 Å². The van der Waals surface area contributed by atoms with Crippen LogP contribution < -0.4 is 0 Å². The van der Waals surface area contributed by atoms with E-state index in [4.69, 9.17) is 10.5 Å². The molecule has 0 saturated heterocycles. The smallest absolute Gasteiger partial charge is 0.0666 e. The summed E-state index contributed by atoms with van der Waals surface area (Å²) in [6.45, 7) is 4.05. The van der Waals surface area contributed by atoms with Gasteiger partial charge in [-0.05, 0) is 12.8 Å². The second-order valence-corrected chi connectivity index (χ2v) is 2.58. The van der Waals surface area contributed by atoms with Gasteiger partial charge in [0.05, 0.1) is 25.0 Å². The van der Waals surface area contributed by atoms with Gasteiger partial charge < -0.3 is 0 Å². The Hall–Kier alpha value is -1.28. The molecule has 2 heteroatoms. The van der Waals surface area contributed by atoms with Gasteiger partial charge in [0.1, 0.15) is 0 Å². The highest BCUT2D eigenvalue weighted by Crippen LogP contribution is 2.18. The number of nitriles is 2. The number of hydrogen-bond donors (Lipinski definition) is 0. The molecule has 0 aromatic carbocycles. The van der Waals surface area contributed by atoms with Gasteiger partial charge in [0.25, 0.3) is 0 Å². The van der Waals surface area contributed by atoms with Gasteiger partial charge in [-0.3, -0.25) is 0 Å². The van der Waals surface area contributed by atoms with Crippen LogP contribution in [0.3, 0.4) is 0 Å². The average molecular weight is 162 g/mol. The van der Waals surface area contributed by atoms with Gasteiger partial charge in [-0.2, -0.15) is 10.5 Å². The topological polar surface area (TPSA) is 47.6 Å². The lowest BCUT2D eigenvalue weighted by Crippen LogP contribution is -1.89. The van der Waals surface area contributed by atoms with E-state index in [9.17, 15) is 0 Å². The SMILES string of the molecule is CCC(CC#N)=C(CC)CC#N. The number of hydrogen-bond acceptors (Lipinski definition) is 2. The minimum Gasteiger partial charge on any atom is -0.198 e. The number of allylic oxidation sites excluding steroid dienone is 2. The van der Waals surface area contributed by atoms with Crippen molar-refractivity contribution in [2.75, 3.05) is 0 Å². The third-order valence-corrected chi connectivity index (χ3v) is 1.94. The summed E-state index contributed by atoms with van der Waals surface area (Å²) < 4.78 is 0. The average Bonchev–Trinajstić information content (AvgIpc) is 2.11. The Bertz CT molecular complexity index is 212. The first-order valence-corrected chi connectivity index (χ1v) is 4.23. The van der Waals surface area contributed by atoms with Crippen molar-refractivity contribution in [3.63, 3.8) is 0 Å². The van der Waals surface area contributed by atoms with E-state index in [1.54, 1.807) is 0 Å². The summed E-state index contributed by atoms with van der Waals surface area (Å²) in [7, 11) is 0. The van der Waals surface area contributed by atoms with E-state index in [1.165, 1.54) is 0 Å². The van der Waals surface area contributed by atoms with Crippen LogP contribution in [0.1, 0.15) is 39.5 Å². The fraction of sp³-hybridized carbons (Fsp3) is 0.600. The fourth-order valence-corrected chi connectivity index (χ4v) is 1.19. The Kier molecular flexibility index (Phi) is 5.75. The van der Waals surface area contributed by atoms with Crippen LogP contribution >= 0.6 is 0 Å². The van der Waals surface area contributed by atoms with Crippen molar-refractivity contribution in [1.29, 1.82) is 10.5 Å². The van der Waals surface area contributed by atoms with E-state index in [2.05, 4.69) is 12.1 Å². The van der Waals surface area contributed by atoms with Crippen LogP contribution in [0.15, 0.2) is 11.1 Å². The highest BCUT2D eigenvalue weighted by atomic mass is 14.3. The van der Waals surface area contributed by atoms with Crippen molar-refractivity contribution in [3.8, 4) is 12.1 Å². The highest BCUT2D eigenvalue weighted by molar-refractivity contribution is 5.20. The summed E-state index contributed by atoms with van der Waals surface area (Å²) >= 11 is 0. The largest absolute Gasteiger partial charge is 0.198 e. The summed E-state index contributed by atoms with van der Waals surface area (Å²) in [4.78, 5) is 0. The van der Waals surface area contributed by atoms with E-state index >= 15 is 0 Å². The standard InChI is InChI=1S/C10H14N2/c1-3-9(5-7-11)10(4-2)6-8-12/h3-6H2,1-2H3. The van der Waals surface area contributed by atoms with Crippen molar-refractivity contribution < 1.29 is 0 Å². The van der Waals surface area contributed by atoms with Crippen LogP contribution in [0.25, 0.3) is 0 Å². The minimum atomic E-state index is 0.474. The van der Waals surface area contributed by atoms with Crippen LogP contribution in [-0.4, -0.2) is 0 Å². The monoisotopic (exact) mass is 162 g/mol. The lowest BCUT2D eigenvalue weighted by Gasteiger charge is -2.05. The predicted molar refractivity (Wildman–Crippen MR) is 48.1 cm³/mol. The van der Waals surface area contributed by atoms with E-state index in [0.717, 1.165) is 24.0 Å². The third-order valence-electron chi connectivity index (χ3n) is 1.94. The van der Waals surface area contributed by atoms with Crippen molar-refractivity contribution in [2.24, 2.45) is 0 Å². The maximum Gasteiger partial charge on any atom is 0.0666 e. The molecule has 0 bridgehead atoms. The summed E-state index contributed by atoms with van der Waals surface area (Å²) in [5, 5.41) is 17.0. The summed E-state index contributed by atoms with van der Waals surface area (Å²) in [5.74, 6) is 0. The highest BCUT2D eigenvalue weighted by Gasteiger charge is 2.02. The molecule has 0 rings (SSSR count). The molecule has 12 heavy (non-hydrogen) atoms. The molecule has 0 aromatic rings. The first-order valence-electron chi connectivity index (χ1n) is 4.23. The molecule has 0 aliphatic carbocycles. The number of rotatable bonds is 4. The second-order valence-electron chi connectivity index (χ2n) is 2.58. The molecule has 0 saturated carbocycles. The molecule has 0 radical (unpaired) electrons. The third kappa shape index (κ3) is 3.21. The molecule has 0 atom stereocenters. The molecule has 0 aliphatic heterocycles. The fourth-order valence-electron chi connectivity index (χ4n) is 1.19. The van der Waals surface area contributed by atoms with Crippen LogP contribution in [0.2, 0.25) is 0 Å². The zero-order valence-electron chi connectivity index (χ0n) is 7.72. The Labute approximate surface area is 74.1 Å². The molecule has 0 N–H and O–H groups in total. The Balaban J connectivity index is 4.53. The zero-order chi connectivity index (χ0) is 9.40. The van der Waals surface area contributed by atoms with Crippen LogP contribution in [0, 0.1) is 22.7 Å². The second kappa shape index (κ2) is 6.43. The molecule has 2 nitrogen and oxygen atoms in total. The van der Waals surface area contributed by atoms with Crippen LogP contribution in [0.5, 0.6) is 0 Å². The van der Waals surface area contributed by atoms with E-state index in [1.807, 2.05) is 13.8 Å². The molecular formula is C10H14N2. The van der Waals surface area contributed by atoms with Crippen molar-refractivity contribution >= 4 is 0 Å². The van der Waals surface area contributed by atoms with Gasteiger partial charge in [-0.15, -0.1) is 0 Å². The molecule has 0 aliphatic rings. The Morgan fingerprint density at radius 1 is 0.917 bits per heavy atom. The molecular weight excluding hydrogens is 148 g/mol. The quantitative estimate of drug-likeness (QED) is 0.596. The maximum absolute atomic E-state index is 8.51. The summed E-state index contributed by atoms with van der Waals surface area (Å²) in [6, 6.07) is 4.25. The molecule has 0 fully saturated rings. The summed E-state index contributed by atoms with van der Waals surface area (Å²) in [5.41, 5.74) is 2.28. The van der Waals surface area contributed by atoms with Gasteiger partial charge in [0, 0.05) is 0 Å². The van der Waals surface area contributed by atoms with Gasteiger partial charge >= 0.3 is 0 Å². The molecule has 0 amide bonds. The van der Waals surface area contributed by atoms with Gasteiger partial charge in [-0.1, -0.05) is 25.0 Å². The molecule has 0 aromatic heterocycles. The zero-order valence-corrected chi connectivity index (χ0v) is 7.72. The number of nitrogens with zero attached hydrogens (tertiary/aromatic N) is 2. The maximum atomic E-state index is 8.51. The van der Waals surface area contributed by atoms with Crippen molar-refractivity contribution in [2.45, 2.75) is 39.5 Å². The Morgan fingerprint density at radius 3 is 1.42 bits per heavy atom. The van der Waals surface area contributed by atoms with Gasteiger partial charge in [0.15, 0.2) is 0 Å². The van der Waals surface area contributed by atoms with Crippen molar-refractivity contribution in [3.05, 3.63) is 11.1 Å². The van der Waals surface area contributed by atoms with Crippen LogP contribution in [-0.2, 0) is 0 Å². The predicted octanol–water partition coefficient (Wildman–Crippen LogP) is 2.93. The molecule has 0 heterocycles. The lowest BCUT2D eigenvalue weighted by molar-refractivity contribution is 0.920. The Morgan fingerprint density at radius 2 is 1.25 bits per heavy atom. The summed E-state index contributed by atoms with van der Waals surface area (Å²) in [6.07, 6.45) is 2.72. The first kappa shape index (κ1) is 10.7. The molecule has 64 valence electrons. The minimum absolute atomic E-state index is 0.474. The van der Waals surface area contributed by atoms with Crippen molar-refractivity contribution in [1.82, 2.24) is 0 Å². The molecule has 0 spiro atoms. The first-order chi connectivity index (χ1) is 5.79. The van der Waals surface area contributed by atoms with Crippen LogP contribution in [0.4, 0.5) is 0 Å². The normalized spacial score (nSPS) is 11.3. The van der Waals surface area contributed by atoms with E-state index in [-0.39, 0.29) is 0 Å². The molecule has 0 unspecified atom stereocenters.